The van der Waals surface area contributed by atoms with Gasteiger partial charge in [-0.1, -0.05) is 44.2 Å². The van der Waals surface area contributed by atoms with Crippen LogP contribution in [0.5, 0.6) is 0 Å². The lowest BCUT2D eigenvalue weighted by Gasteiger charge is -2.14. The van der Waals surface area contributed by atoms with Crippen LogP contribution in [-0.4, -0.2) is 5.91 Å². The topological polar surface area (TPSA) is 64.9 Å². The van der Waals surface area contributed by atoms with Crippen molar-refractivity contribution >= 4 is 17.3 Å². The monoisotopic (exact) mass is 373 g/mol. The van der Waals surface area contributed by atoms with Crippen molar-refractivity contribution in [2.75, 3.05) is 10.6 Å². The number of nitrogens with one attached hydrogen (secondary N) is 2. The first kappa shape index (κ1) is 20.0. The van der Waals surface area contributed by atoms with E-state index in [-0.39, 0.29) is 11.5 Å². The summed E-state index contributed by atoms with van der Waals surface area (Å²) >= 11 is 0. The number of hydrogen-bond acceptors (Lipinski definition) is 3. The number of anilines is 2. The average molecular weight is 373 g/mol. The van der Waals surface area contributed by atoms with E-state index in [0.29, 0.717) is 5.69 Å². The number of para-hydroxylation sites is 2. The second kappa shape index (κ2) is 8.41. The van der Waals surface area contributed by atoms with Crippen LogP contribution in [0.2, 0.25) is 0 Å². The zero-order valence-electron chi connectivity index (χ0n) is 14.8. The van der Waals surface area contributed by atoms with Crippen LogP contribution in [0.3, 0.4) is 0 Å². The SMILES string of the molecule is CC(C)c1ccccc1N/C=C(/C#N)C(=O)Nc1ccccc1C(F)(F)F. The first-order valence-corrected chi connectivity index (χ1v) is 8.17. The van der Waals surface area contributed by atoms with Crippen LogP contribution in [0, 0.1) is 11.3 Å². The Morgan fingerprint density at radius 3 is 2.26 bits per heavy atom. The molecule has 4 nitrogen and oxygen atoms in total. The molecule has 2 aromatic carbocycles. The van der Waals surface area contributed by atoms with Gasteiger partial charge in [0.2, 0.25) is 0 Å². The Morgan fingerprint density at radius 1 is 1.07 bits per heavy atom. The molecule has 1 amide bonds. The molecule has 0 aliphatic heterocycles. The van der Waals surface area contributed by atoms with Gasteiger partial charge >= 0.3 is 6.18 Å². The predicted octanol–water partition coefficient (Wildman–Crippen LogP) is 5.29. The lowest BCUT2D eigenvalue weighted by atomic mass is 10.0. The lowest BCUT2D eigenvalue weighted by molar-refractivity contribution is -0.137. The number of nitrogens with zero attached hydrogens (tertiary/aromatic N) is 1. The molecular formula is C20H18F3N3O. The molecule has 0 spiro atoms. The minimum atomic E-state index is -4.62. The normalized spacial score (nSPS) is 11.8. The highest BCUT2D eigenvalue weighted by Gasteiger charge is 2.33. The largest absolute Gasteiger partial charge is 0.418 e. The molecule has 2 N–H and O–H groups in total. The van der Waals surface area contributed by atoms with E-state index in [4.69, 9.17) is 0 Å². The van der Waals surface area contributed by atoms with Gasteiger partial charge < -0.3 is 10.6 Å². The van der Waals surface area contributed by atoms with Gasteiger partial charge in [0.1, 0.15) is 11.6 Å². The first-order chi connectivity index (χ1) is 12.7. The summed E-state index contributed by atoms with van der Waals surface area (Å²) in [5, 5.41) is 14.3. The Kier molecular flexibility index (Phi) is 6.24. The summed E-state index contributed by atoms with van der Waals surface area (Å²) in [7, 11) is 0. The third-order valence-corrected chi connectivity index (χ3v) is 3.80. The lowest BCUT2D eigenvalue weighted by Crippen LogP contribution is -2.18. The van der Waals surface area contributed by atoms with Crippen molar-refractivity contribution in [3.05, 3.63) is 71.4 Å². The number of amides is 1. The van der Waals surface area contributed by atoms with Crippen molar-refractivity contribution in [2.45, 2.75) is 25.9 Å². The number of carbonyl (C=O) groups is 1. The quantitative estimate of drug-likeness (QED) is 0.553. The molecule has 140 valence electrons. The number of carbonyl (C=O) groups excluding carboxylic acids is 1. The summed E-state index contributed by atoms with van der Waals surface area (Å²) in [5.74, 6) is -0.719. The molecule has 0 fully saturated rings. The predicted molar refractivity (Wildman–Crippen MR) is 97.9 cm³/mol. The standard InChI is InChI=1S/C20H18F3N3O/c1-13(2)15-7-3-5-9-17(15)25-12-14(11-24)19(27)26-18-10-6-4-8-16(18)20(21,22)23/h3-10,12-13,25H,1-2H3,(H,26,27)/b14-12-. The number of hydrogen-bond donors (Lipinski definition) is 2. The van der Waals surface area contributed by atoms with E-state index in [0.717, 1.165) is 17.7 Å². The summed E-state index contributed by atoms with van der Waals surface area (Å²) < 4.78 is 39.1. The second-order valence-corrected chi connectivity index (χ2v) is 6.05. The number of alkyl halides is 3. The van der Waals surface area contributed by atoms with Gasteiger partial charge in [-0.05, 0) is 29.7 Å². The van der Waals surface area contributed by atoms with Crippen molar-refractivity contribution in [3.8, 4) is 6.07 Å². The maximum Gasteiger partial charge on any atom is 0.418 e. The van der Waals surface area contributed by atoms with E-state index in [2.05, 4.69) is 10.6 Å². The fourth-order valence-electron chi connectivity index (χ4n) is 2.46. The summed E-state index contributed by atoms with van der Waals surface area (Å²) in [6.45, 7) is 3.99. The van der Waals surface area contributed by atoms with Crippen molar-refractivity contribution in [2.24, 2.45) is 0 Å². The van der Waals surface area contributed by atoms with Crippen LogP contribution >= 0.6 is 0 Å². The van der Waals surface area contributed by atoms with Crippen LogP contribution < -0.4 is 10.6 Å². The van der Waals surface area contributed by atoms with Crippen molar-refractivity contribution in [1.82, 2.24) is 0 Å². The molecule has 7 heteroatoms. The molecule has 0 saturated heterocycles. The molecule has 0 bridgehead atoms. The Bertz CT molecular complexity index is 896. The fraction of sp³-hybridized carbons (Fsp3) is 0.200. The van der Waals surface area contributed by atoms with Crippen molar-refractivity contribution in [3.63, 3.8) is 0 Å². The van der Waals surface area contributed by atoms with Gasteiger partial charge in [-0.2, -0.15) is 18.4 Å². The van der Waals surface area contributed by atoms with Crippen LogP contribution in [-0.2, 0) is 11.0 Å². The number of nitriles is 1. The van der Waals surface area contributed by atoms with Gasteiger partial charge in [-0.25, -0.2) is 0 Å². The van der Waals surface area contributed by atoms with Gasteiger partial charge in [0.05, 0.1) is 11.3 Å². The van der Waals surface area contributed by atoms with Crippen LogP contribution in [0.4, 0.5) is 24.5 Å². The molecule has 27 heavy (non-hydrogen) atoms. The molecule has 0 radical (unpaired) electrons. The maximum atomic E-state index is 13.0. The number of halogens is 3. The average Bonchev–Trinajstić information content (AvgIpc) is 2.62. The van der Waals surface area contributed by atoms with E-state index in [1.807, 2.05) is 26.0 Å². The van der Waals surface area contributed by atoms with Gasteiger partial charge in [-0.3, -0.25) is 4.79 Å². The highest BCUT2D eigenvalue weighted by atomic mass is 19.4. The summed E-state index contributed by atoms with van der Waals surface area (Å²) in [6.07, 6.45) is -3.43. The summed E-state index contributed by atoms with van der Waals surface area (Å²) in [5.41, 5.74) is -0.0318. The van der Waals surface area contributed by atoms with Gasteiger partial charge in [0.15, 0.2) is 0 Å². The maximum absolute atomic E-state index is 13.0. The smallest absolute Gasteiger partial charge is 0.360 e. The minimum absolute atomic E-state index is 0.208. The van der Waals surface area contributed by atoms with Gasteiger partial charge in [0, 0.05) is 11.9 Å². The molecule has 0 aliphatic carbocycles. The van der Waals surface area contributed by atoms with Crippen molar-refractivity contribution in [1.29, 1.82) is 5.26 Å². The molecule has 0 unspecified atom stereocenters. The van der Waals surface area contributed by atoms with Gasteiger partial charge in [0.25, 0.3) is 5.91 Å². The number of benzene rings is 2. The summed E-state index contributed by atoms with van der Waals surface area (Å²) in [6, 6.07) is 13.7. The van der Waals surface area contributed by atoms with E-state index in [9.17, 15) is 23.2 Å². The molecule has 0 aliphatic rings. The molecule has 0 heterocycles. The molecule has 0 atom stereocenters. The third kappa shape index (κ3) is 5.11. The Hall–Kier alpha value is -3.27. The highest BCUT2D eigenvalue weighted by molar-refractivity contribution is 6.07. The molecular weight excluding hydrogens is 355 g/mol. The summed E-state index contributed by atoms with van der Waals surface area (Å²) in [4.78, 5) is 12.3. The highest BCUT2D eigenvalue weighted by Crippen LogP contribution is 2.34. The fourth-order valence-corrected chi connectivity index (χ4v) is 2.46. The zero-order chi connectivity index (χ0) is 20.0. The van der Waals surface area contributed by atoms with Crippen LogP contribution in [0.1, 0.15) is 30.9 Å². The second-order valence-electron chi connectivity index (χ2n) is 6.05. The van der Waals surface area contributed by atoms with Crippen LogP contribution in [0.25, 0.3) is 0 Å². The first-order valence-electron chi connectivity index (χ1n) is 8.17. The molecule has 0 aromatic heterocycles. The number of rotatable bonds is 5. The van der Waals surface area contributed by atoms with E-state index in [1.165, 1.54) is 18.3 Å². The van der Waals surface area contributed by atoms with Crippen molar-refractivity contribution < 1.29 is 18.0 Å². The van der Waals surface area contributed by atoms with E-state index < -0.39 is 23.3 Å². The molecule has 2 aromatic rings. The minimum Gasteiger partial charge on any atom is -0.360 e. The van der Waals surface area contributed by atoms with Crippen LogP contribution in [0.15, 0.2) is 60.3 Å². The van der Waals surface area contributed by atoms with E-state index >= 15 is 0 Å². The molecule has 2 rings (SSSR count). The Balaban J connectivity index is 2.23. The zero-order valence-corrected chi connectivity index (χ0v) is 14.8. The van der Waals surface area contributed by atoms with E-state index in [1.54, 1.807) is 18.2 Å². The molecule has 0 saturated carbocycles. The van der Waals surface area contributed by atoms with Gasteiger partial charge in [-0.15, -0.1) is 0 Å². The third-order valence-electron chi connectivity index (χ3n) is 3.80. The Morgan fingerprint density at radius 2 is 1.67 bits per heavy atom. The Labute approximate surface area is 155 Å².